The second-order valence-corrected chi connectivity index (χ2v) is 16.1. The van der Waals surface area contributed by atoms with E-state index in [-0.39, 0.29) is 5.92 Å². The molecule has 10 aromatic rings. The van der Waals surface area contributed by atoms with Crippen LogP contribution < -0.4 is 4.90 Å². The molecule has 2 aliphatic rings. The highest BCUT2D eigenvalue weighted by atomic mass is 16.3. The molecule has 2 aromatic heterocycles. The number of furan rings is 1. The highest BCUT2D eigenvalue weighted by molar-refractivity contribution is 6.09. The zero-order valence-electron chi connectivity index (χ0n) is 33.4. The van der Waals surface area contributed by atoms with Crippen LogP contribution in [0.5, 0.6) is 0 Å². The van der Waals surface area contributed by atoms with Crippen LogP contribution in [-0.4, -0.2) is 4.57 Å². The highest BCUT2D eigenvalue weighted by Gasteiger charge is 2.27. The molecule has 1 atom stereocenters. The fourth-order valence-corrected chi connectivity index (χ4v) is 9.61. The maximum atomic E-state index is 6.29. The van der Waals surface area contributed by atoms with Crippen molar-refractivity contribution < 1.29 is 4.42 Å². The van der Waals surface area contributed by atoms with Crippen LogP contribution in [0.3, 0.4) is 0 Å². The number of para-hydroxylation sites is 4. The molecule has 12 rings (SSSR count). The van der Waals surface area contributed by atoms with Crippen molar-refractivity contribution in [1.29, 1.82) is 0 Å². The van der Waals surface area contributed by atoms with Gasteiger partial charge in [0, 0.05) is 50.3 Å². The lowest BCUT2D eigenvalue weighted by Gasteiger charge is -2.30. The normalized spacial score (nSPS) is 14.5. The monoisotopic (exact) mass is 780 g/mol. The molecular formula is C58H40N2O. The van der Waals surface area contributed by atoms with Crippen LogP contribution in [0.25, 0.3) is 72.4 Å². The molecule has 3 nitrogen and oxygen atoms in total. The first-order valence-electron chi connectivity index (χ1n) is 21.1. The summed E-state index contributed by atoms with van der Waals surface area (Å²) in [6.07, 6.45) is 10.2. The van der Waals surface area contributed by atoms with Gasteiger partial charge in [-0.05, 0) is 107 Å². The van der Waals surface area contributed by atoms with Gasteiger partial charge in [0.1, 0.15) is 11.3 Å². The van der Waals surface area contributed by atoms with E-state index in [1.165, 1.54) is 71.7 Å². The molecule has 2 heterocycles. The number of hydrogen-bond acceptors (Lipinski definition) is 2. The summed E-state index contributed by atoms with van der Waals surface area (Å²) < 4.78 is 8.67. The van der Waals surface area contributed by atoms with Crippen molar-refractivity contribution >= 4 is 61.5 Å². The van der Waals surface area contributed by atoms with Gasteiger partial charge < -0.3 is 13.9 Å². The smallest absolute Gasteiger partial charge is 0.135 e. The van der Waals surface area contributed by atoms with E-state index in [2.05, 4.69) is 228 Å². The lowest BCUT2D eigenvalue weighted by molar-refractivity contribution is 0.586. The van der Waals surface area contributed by atoms with Gasteiger partial charge in [-0.15, -0.1) is 0 Å². The highest BCUT2D eigenvalue weighted by Crippen LogP contribution is 2.45. The van der Waals surface area contributed by atoms with Crippen molar-refractivity contribution in [2.24, 2.45) is 5.92 Å². The molecule has 8 aromatic carbocycles. The lowest BCUT2D eigenvalue weighted by Crippen LogP contribution is -2.14. The third-order valence-corrected chi connectivity index (χ3v) is 12.5. The topological polar surface area (TPSA) is 21.3 Å². The summed E-state index contributed by atoms with van der Waals surface area (Å²) in [7, 11) is 0. The number of fused-ring (bicyclic) bond motifs is 7. The van der Waals surface area contributed by atoms with Crippen molar-refractivity contribution in [1.82, 2.24) is 4.57 Å². The molecule has 0 aliphatic heterocycles. The number of hydrogen-bond donors (Lipinski definition) is 0. The first kappa shape index (κ1) is 35.1. The van der Waals surface area contributed by atoms with Gasteiger partial charge in [-0.2, -0.15) is 0 Å². The number of rotatable bonds is 7. The van der Waals surface area contributed by atoms with E-state index < -0.39 is 0 Å². The molecule has 0 saturated heterocycles. The molecule has 288 valence electrons. The van der Waals surface area contributed by atoms with Gasteiger partial charge in [0.25, 0.3) is 0 Å². The lowest BCUT2D eigenvalue weighted by atomic mass is 9.80. The SMILES string of the molecule is C1=CC2=Cc3oc4ccccc4c3CC2C=C1c1ccccc1N(c1ccc(-c2ccccc2)cc1)c1ccc(-c2cccc(-n3c4ccccc4c4ccccc43)c2)cc1. The Bertz CT molecular complexity index is 3330. The van der Waals surface area contributed by atoms with Crippen molar-refractivity contribution in [3.63, 3.8) is 0 Å². The Morgan fingerprint density at radius 2 is 1.08 bits per heavy atom. The Morgan fingerprint density at radius 1 is 0.492 bits per heavy atom. The van der Waals surface area contributed by atoms with Gasteiger partial charge in [-0.25, -0.2) is 0 Å². The van der Waals surface area contributed by atoms with Crippen LogP contribution in [0, 0.1) is 5.92 Å². The van der Waals surface area contributed by atoms with Crippen LogP contribution in [0.1, 0.15) is 16.9 Å². The predicted octanol–water partition coefficient (Wildman–Crippen LogP) is 15.5. The number of allylic oxidation sites excluding steroid dienone is 5. The number of anilines is 3. The first-order chi connectivity index (χ1) is 30.2. The Hall–Kier alpha value is -7.88. The van der Waals surface area contributed by atoms with E-state index in [0.717, 1.165) is 40.5 Å². The van der Waals surface area contributed by atoms with Gasteiger partial charge in [0.2, 0.25) is 0 Å². The minimum absolute atomic E-state index is 0.262. The standard InChI is InChI=1S/C58H40N2O/c1-2-13-39(14-3-1)40-27-31-46(32-28-40)59(54-21-8-4-17-49(54)44-26-25-43-38-58-53(37-45(43)35-44)52-20-7-11-24-57(52)61-58)47-33-29-41(30-34-47)42-15-12-16-48(36-42)60-55-22-9-5-18-50(55)51-19-6-10-23-56(51)60/h1-36,38,45H,37H2. The Kier molecular flexibility index (Phi) is 8.31. The molecule has 0 amide bonds. The summed E-state index contributed by atoms with van der Waals surface area (Å²) in [4.78, 5) is 2.41. The molecule has 0 radical (unpaired) electrons. The Morgan fingerprint density at radius 3 is 1.82 bits per heavy atom. The summed E-state index contributed by atoms with van der Waals surface area (Å²) in [6.45, 7) is 0. The van der Waals surface area contributed by atoms with Crippen molar-refractivity contribution in [3.05, 3.63) is 241 Å². The fourth-order valence-electron chi connectivity index (χ4n) is 9.61. The third kappa shape index (κ3) is 6.05. The summed E-state index contributed by atoms with van der Waals surface area (Å²) in [5.41, 5.74) is 17.6. The molecule has 0 bridgehead atoms. The second kappa shape index (κ2) is 14.4. The first-order valence-corrected chi connectivity index (χ1v) is 21.1. The molecule has 0 fully saturated rings. The summed E-state index contributed by atoms with van der Waals surface area (Å²) in [6, 6.07) is 72.2. The van der Waals surface area contributed by atoms with Crippen molar-refractivity contribution in [2.45, 2.75) is 6.42 Å². The average Bonchev–Trinajstić information content (AvgIpc) is 3.87. The number of benzene rings is 8. The van der Waals surface area contributed by atoms with Crippen LogP contribution in [-0.2, 0) is 6.42 Å². The Labute approximate surface area is 355 Å². The maximum Gasteiger partial charge on any atom is 0.135 e. The minimum atomic E-state index is 0.262. The zero-order chi connectivity index (χ0) is 40.3. The molecule has 61 heavy (non-hydrogen) atoms. The predicted molar refractivity (Wildman–Crippen MR) is 255 cm³/mol. The van der Waals surface area contributed by atoms with Gasteiger partial charge in [0.05, 0.1) is 16.7 Å². The molecule has 1 unspecified atom stereocenters. The summed E-state index contributed by atoms with van der Waals surface area (Å²) in [5.74, 6) is 1.25. The molecule has 3 heteroatoms. The van der Waals surface area contributed by atoms with E-state index in [1.54, 1.807) is 0 Å². The Balaban J connectivity index is 0.936. The van der Waals surface area contributed by atoms with Crippen LogP contribution >= 0.6 is 0 Å². The molecule has 2 aliphatic carbocycles. The molecule has 0 saturated carbocycles. The van der Waals surface area contributed by atoms with E-state index in [9.17, 15) is 0 Å². The van der Waals surface area contributed by atoms with Gasteiger partial charge in [-0.1, -0.05) is 158 Å². The maximum absolute atomic E-state index is 6.29. The third-order valence-electron chi connectivity index (χ3n) is 12.5. The fraction of sp³-hybridized carbons (Fsp3) is 0.0345. The summed E-state index contributed by atoms with van der Waals surface area (Å²) >= 11 is 0. The van der Waals surface area contributed by atoms with Crippen LogP contribution in [0.2, 0.25) is 0 Å². The molecule has 0 spiro atoms. The van der Waals surface area contributed by atoms with Crippen LogP contribution in [0.4, 0.5) is 17.1 Å². The average molecular weight is 781 g/mol. The number of aromatic nitrogens is 1. The quantitative estimate of drug-likeness (QED) is 0.161. The van der Waals surface area contributed by atoms with Crippen molar-refractivity contribution in [3.8, 4) is 27.9 Å². The van der Waals surface area contributed by atoms with Gasteiger partial charge in [0.15, 0.2) is 0 Å². The van der Waals surface area contributed by atoms with Crippen molar-refractivity contribution in [2.75, 3.05) is 4.90 Å². The van der Waals surface area contributed by atoms with Crippen LogP contribution in [0.15, 0.2) is 228 Å². The summed E-state index contributed by atoms with van der Waals surface area (Å²) in [5, 5.41) is 3.74. The van der Waals surface area contributed by atoms with E-state index in [0.29, 0.717) is 0 Å². The second-order valence-electron chi connectivity index (χ2n) is 16.1. The van der Waals surface area contributed by atoms with Gasteiger partial charge >= 0.3 is 0 Å². The van der Waals surface area contributed by atoms with Gasteiger partial charge in [-0.3, -0.25) is 0 Å². The molecule has 0 N–H and O–H groups in total. The molecular weight excluding hydrogens is 741 g/mol. The minimum Gasteiger partial charge on any atom is -0.456 e. The largest absolute Gasteiger partial charge is 0.456 e. The number of nitrogens with zero attached hydrogens (tertiary/aromatic N) is 2. The zero-order valence-corrected chi connectivity index (χ0v) is 33.4. The van der Waals surface area contributed by atoms with E-state index in [4.69, 9.17) is 4.42 Å². The van der Waals surface area contributed by atoms with E-state index >= 15 is 0 Å². The van der Waals surface area contributed by atoms with E-state index in [1.807, 2.05) is 6.07 Å².